The van der Waals surface area contributed by atoms with Gasteiger partial charge in [-0.25, -0.2) is 8.78 Å². The zero-order valence-corrected chi connectivity index (χ0v) is 20.1. The molecule has 2 aromatic rings. The summed E-state index contributed by atoms with van der Waals surface area (Å²) < 4.78 is 30.9. The Balaban J connectivity index is 1.16. The van der Waals surface area contributed by atoms with Crippen LogP contribution in [0.3, 0.4) is 0 Å². The Labute approximate surface area is 208 Å². The van der Waals surface area contributed by atoms with Gasteiger partial charge in [0.25, 0.3) is 5.91 Å². The van der Waals surface area contributed by atoms with Crippen molar-refractivity contribution in [1.82, 2.24) is 15.1 Å². The van der Waals surface area contributed by atoms with Crippen molar-refractivity contribution in [2.45, 2.75) is 70.0 Å². The van der Waals surface area contributed by atoms with Crippen molar-refractivity contribution in [3.05, 3.63) is 69.3 Å². The fraction of sp³-hybridized carbons (Fsp3) is 0.464. The maximum Gasteiger partial charge on any atom is 0.255 e. The summed E-state index contributed by atoms with van der Waals surface area (Å²) in [6, 6.07) is 7.02. The first-order valence-corrected chi connectivity index (χ1v) is 12.9. The molecule has 3 amide bonds. The van der Waals surface area contributed by atoms with Crippen LogP contribution >= 0.6 is 0 Å². The number of halogens is 2. The third-order valence-corrected chi connectivity index (χ3v) is 8.33. The van der Waals surface area contributed by atoms with Crippen molar-refractivity contribution >= 4 is 17.7 Å². The summed E-state index contributed by atoms with van der Waals surface area (Å²) >= 11 is 0. The van der Waals surface area contributed by atoms with Crippen LogP contribution in [0.4, 0.5) is 8.78 Å². The molecule has 2 saturated heterocycles. The van der Waals surface area contributed by atoms with Crippen LogP contribution in [0.5, 0.6) is 0 Å². The van der Waals surface area contributed by atoms with E-state index in [1.165, 1.54) is 28.0 Å². The lowest BCUT2D eigenvalue weighted by atomic mass is 9.86. The van der Waals surface area contributed by atoms with Crippen LogP contribution in [0.1, 0.15) is 76.2 Å². The van der Waals surface area contributed by atoms with Crippen LogP contribution in [0.15, 0.2) is 24.3 Å². The molecule has 1 aliphatic carbocycles. The standard InChI is InChI=1S/C28H29F2N3O3/c29-22-13-20-21(15-33(28(20)36)23-6-7-24(34)31-27(23)35)26(30)25(22)18-8-10-32(11-9-18)14-16-4-5-17-2-1-3-19(17)12-16/h4-5,12-13,18,23H,1-3,6-11,14-15H2,(H,31,34,35). The number of amides is 3. The third-order valence-electron chi connectivity index (χ3n) is 8.33. The van der Waals surface area contributed by atoms with Gasteiger partial charge in [0.1, 0.15) is 17.7 Å². The van der Waals surface area contributed by atoms with Crippen LogP contribution in [0.2, 0.25) is 0 Å². The summed E-state index contributed by atoms with van der Waals surface area (Å²) in [7, 11) is 0. The number of carbonyl (C=O) groups excluding carboxylic acids is 3. The summed E-state index contributed by atoms with van der Waals surface area (Å²) in [5.74, 6) is -3.13. The van der Waals surface area contributed by atoms with Crippen LogP contribution in [-0.2, 0) is 35.5 Å². The zero-order chi connectivity index (χ0) is 25.0. The van der Waals surface area contributed by atoms with Gasteiger partial charge in [-0.15, -0.1) is 0 Å². The number of nitrogens with zero attached hydrogens (tertiary/aromatic N) is 2. The van der Waals surface area contributed by atoms with Gasteiger partial charge in [-0.05, 0) is 80.3 Å². The number of fused-ring (bicyclic) bond motifs is 2. The molecule has 3 heterocycles. The fourth-order valence-electron chi connectivity index (χ4n) is 6.39. The van der Waals surface area contributed by atoms with Gasteiger partial charge in [-0.3, -0.25) is 24.6 Å². The monoisotopic (exact) mass is 493 g/mol. The van der Waals surface area contributed by atoms with E-state index >= 15 is 8.78 Å². The summed E-state index contributed by atoms with van der Waals surface area (Å²) in [6.45, 7) is 2.25. The van der Waals surface area contributed by atoms with Crippen molar-refractivity contribution in [3.63, 3.8) is 0 Å². The lowest BCUT2D eigenvalue weighted by Gasteiger charge is -2.32. The second kappa shape index (κ2) is 9.07. The maximum absolute atomic E-state index is 15.7. The predicted molar refractivity (Wildman–Crippen MR) is 128 cm³/mol. The summed E-state index contributed by atoms with van der Waals surface area (Å²) in [5, 5.41) is 2.23. The minimum absolute atomic E-state index is 0.0208. The quantitative estimate of drug-likeness (QED) is 0.661. The average molecular weight is 494 g/mol. The van der Waals surface area contributed by atoms with Gasteiger partial charge in [0, 0.05) is 24.1 Å². The molecule has 36 heavy (non-hydrogen) atoms. The number of benzene rings is 2. The van der Waals surface area contributed by atoms with Crippen LogP contribution in [0, 0.1) is 11.6 Å². The van der Waals surface area contributed by atoms with E-state index in [-0.39, 0.29) is 47.9 Å². The van der Waals surface area contributed by atoms with E-state index in [0.29, 0.717) is 12.8 Å². The van der Waals surface area contributed by atoms with Crippen molar-refractivity contribution in [3.8, 4) is 0 Å². The molecule has 2 aromatic carbocycles. The van der Waals surface area contributed by atoms with E-state index in [4.69, 9.17) is 0 Å². The van der Waals surface area contributed by atoms with E-state index in [1.54, 1.807) is 0 Å². The number of piperidine rings is 2. The van der Waals surface area contributed by atoms with Gasteiger partial charge < -0.3 is 4.90 Å². The van der Waals surface area contributed by atoms with E-state index in [0.717, 1.165) is 38.5 Å². The lowest BCUT2D eigenvalue weighted by molar-refractivity contribution is -0.136. The summed E-state index contributed by atoms with van der Waals surface area (Å²) in [5.41, 5.74) is 4.38. The molecule has 4 aliphatic rings. The second-order valence-electron chi connectivity index (χ2n) is 10.5. The molecule has 8 heteroatoms. The van der Waals surface area contributed by atoms with Gasteiger partial charge >= 0.3 is 0 Å². The van der Waals surface area contributed by atoms with Gasteiger partial charge in [0.15, 0.2) is 0 Å². The van der Waals surface area contributed by atoms with Crippen LogP contribution < -0.4 is 5.32 Å². The second-order valence-corrected chi connectivity index (χ2v) is 10.5. The van der Waals surface area contributed by atoms with Gasteiger partial charge in [-0.1, -0.05) is 18.2 Å². The largest absolute Gasteiger partial charge is 0.322 e. The molecule has 0 radical (unpaired) electrons. The minimum Gasteiger partial charge on any atom is -0.322 e. The SMILES string of the molecule is O=C1CCC(N2Cc3c(cc(F)c(C4CCN(Cc5ccc6c(c5)CCC6)CC4)c3F)C2=O)C(=O)N1. The number of carbonyl (C=O) groups is 3. The zero-order valence-electron chi connectivity index (χ0n) is 20.1. The molecule has 1 N–H and O–H groups in total. The first-order chi connectivity index (χ1) is 17.4. The number of hydrogen-bond donors (Lipinski definition) is 1. The number of likely N-dealkylation sites (tertiary alicyclic amines) is 1. The molecule has 0 saturated carbocycles. The normalized spacial score (nSPS) is 22.7. The average Bonchev–Trinajstić information content (AvgIpc) is 3.45. The first-order valence-electron chi connectivity index (χ1n) is 12.9. The number of hydrogen-bond acceptors (Lipinski definition) is 4. The Kier molecular flexibility index (Phi) is 5.86. The Morgan fingerprint density at radius 3 is 2.50 bits per heavy atom. The highest BCUT2D eigenvalue weighted by atomic mass is 19.1. The maximum atomic E-state index is 15.7. The Morgan fingerprint density at radius 2 is 1.72 bits per heavy atom. The fourth-order valence-corrected chi connectivity index (χ4v) is 6.39. The van der Waals surface area contributed by atoms with E-state index in [2.05, 4.69) is 28.4 Å². The molecule has 1 atom stereocenters. The topological polar surface area (TPSA) is 69.7 Å². The molecule has 0 spiro atoms. The molecule has 0 aromatic heterocycles. The highest BCUT2D eigenvalue weighted by Crippen LogP contribution is 2.38. The Hall–Kier alpha value is -3.13. The molecule has 6 nitrogen and oxygen atoms in total. The van der Waals surface area contributed by atoms with Gasteiger partial charge in [0.05, 0.1) is 12.1 Å². The highest BCUT2D eigenvalue weighted by molar-refractivity contribution is 6.05. The van der Waals surface area contributed by atoms with Gasteiger partial charge in [-0.2, -0.15) is 0 Å². The molecule has 188 valence electrons. The first kappa shape index (κ1) is 23.3. The molecule has 2 fully saturated rings. The van der Waals surface area contributed by atoms with E-state index in [9.17, 15) is 14.4 Å². The molecule has 6 rings (SSSR count). The minimum atomic E-state index is -0.851. The van der Waals surface area contributed by atoms with Gasteiger partial charge in [0.2, 0.25) is 11.8 Å². The summed E-state index contributed by atoms with van der Waals surface area (Å²) in [6.07, 6.45) is 5.11. The number of rotatable bonds is 4. The number of imide groups is 1. The highest BCUT2D eigenvalue weighted by Gasteiger charge is 2.42. The molecular formula is C28H29F2N3O3. The van der Waals surface area contributed by atoms with Crippen molar-refractivity contribution in [1.29, 1.82) is 0 Å². The van der Waals surface area contributed by atoms with E-state index < -0.39 is 29.5 Å². The third kappa shape index (κ3) is 4.01. The van der Waals surface area contributed by atoms with Crippen molar-refractivity contribution in [2.75, 3.05) is 13.1 Å². The van der Waals surface area contributed by atoms with Crippen LogP contribution in [0.25, 0.3) is 0 Å². The lowest BCUT2D eigenvalue weighted by Crippen LogP contribution is -2.52. The van der Waals surface area contributed by atoms with Crippen molar-refractivity contribution in [2.24, 2.45) is 0 Å². The summed E-state index contributed by atoms with van der Waals surface area (Å²) in [4.78, 5) is 40.3. The number of aryl methyl sites for hydroxylation is 2. The Bertz CT molecular complexity index is 1270. The molecule has 1 unspecified atom stereocenters. The van der Waals surface area contributed by atoms with Crippen molar-refractivity contribution < 1.29 is 23.2 Å². The smallest absolute Gasteiger partial charge is 0.255 e. The predicted octanol–water partition coefficient (Wildman–Crippen LogP) is 3.59. The van der Waals surface area contributed by atoms with E-state index in [1.807, 2.05) is 0 Å². The molecular weight excluding hydrogens is 464 g/mol. The molecule has 0 bridgehead atoms. The Morgan fingerprint density at radius 1 is 0.944 bits per heavy atom. The van der Waals surface area contributed by atoms with Crippen LogP contribution in [-0.4, -0.2) is 46.7 Å². The number of nitrogens with one attached hydrogen (secondary N) is 1. The molecule has 3 aliphatic heterocycles.